The Hall–Kier alpha value is -1.96. The fourth-order valence-corrected chi connectivity index (χ4v) is 6.18. The number of rotatable bonds is 4. The predicted molar refractivity (Wildman–Crippen MR) is 154 cm³/mol. The lowest BCUT2D eigenvalue weighted by Crippen LogP contribution is -2.42. The van der Waals surface area contributed by atoms with Gasteiger partial charge in [0.2, 0.25) is 0 Å². The first-order chi connectivity index (χ1) is 16.7. The van der Waals surface area contributed by atoms with E-state index in [-0.39, 0.29) is 10.8 Å². The van der Waals surface area contributed by atoms with E-state index in [9.17, 15) is 0 Å². The minimum atomic E-state index is 0.205. The zero-order valence-electron chi connectivity index (χ0n) is 24.9. The molecule has 198 valence electrons. The van der Waals surface area contributed by atoms with Crippen LogP contribution < -0.4 is 9.47 Å². The molecule has 0 radical (unpaired) electrons. The Kier molecular flexibility index (Phi) is 12.4. The molecule has 2 heteroatoms. The maximum atomic E-state index is 5.84. The van der Waals surface area contributed by atoms with Crippen LogP contribution in [-0.2, 0) is 10.8 Å². The van der Waals surface area contributed by atoms with Gasteiger partial charge < -0.3 is 9.47 Å². The summed E-state index contributed by atoms with van der Waals surface area (Å²) in [6.07, 6.45) is 1.14. The van der Waals surface area contributed by atoms with Crippen molar-refractivity contribution in [1.29, 1.82) is 0 Å². The number of para-hydroxylation sites is 2. The molecule has 0 fully saturated rings. The van der Waals surface area contributed by atoms with Crippen LogP contribution in [0, 0.1) is 23.7 Å². The van der Waals surface area contributed by atoms with Crippen LogP contribution in [0.2, 0.25) is 0 Å². The molecule has 0 bridgehead atoms. The van der Waals surface area contributed by atoms with Crippen LogP contribution >= 0.6 is 0 Å². The van der Waals surface area contributed by atoms with Gasteiger partial charge in [-0.3, -0.25) is 0 Å². The molecule has 2 aromatic rings. The summed E-state index contributed by atoms with van der Waals surface area (Å²) in [6, 6.07) is 17.0. The van der Waals surface area contributed by atoms with E-state index in [1.165, 1.54) is 11.1 Å². The monoisotopic (exact) mass is 482 g/mol. The van der Waals surface area contributed by atoms with Crippen LogP contribution in [0.25, 0.3) is 0 Å². The van der Waals surface area contributed by atoms with Crippen molar-refractivity contribution in [1.82, 2.24) is 0 Å². The molecular formula is C33H54O2. The molecule has 0 spiro atoms. The topological polar surface area (TPSA) is 18.5 Å². The highest BCUT2D eigenvalue weighted by Gasteiger charge is 2.45. The molecule has 0 saturated heterocycles. The summed E-state index contributed by atoms with van der Waals surface area (Å²) in [5.74, 6) is 4.70. The van der Waals surface area contributed by atoms with Gasteiger partial charge in [0.25, 0.3) is 0 Å². The van der Waals surface area contributed by atoms with Crippen molar-refractivity contribution in [3.63, 3.8) is 0 Å². The molecule has 0 aromatic heterocycles. The Bertz CT molecular complexity index is 847. The molecule has 2 aliphatic rings. The van der Waals surface area contributed by atoms with E-state index in [0.717, 1.165) is 31.1 Å². The number of ether oxygens (including phenoxy) is 2. The Morgan fingerprint density at radius 3 is 1.34 bits per heavy atom. The average molecular weight is 483 g/mol. The lowest BCUT2D eigenvalue weighted by molar-refractivity contribution is 0.128. The number of hydrogen-bond donors (Lipinski definition) is 0. The summed E-state index contributed by atoms with van der Waals surface area (Å²) < 4.78 is 11.6. The smallest absolute Gasteiger partial charge is 0.123 e. The molecule has 0 N–H and O–H groups in total. The number of benzene rings is 2. The second kappa shape index (κ2) is 14.0. The summed E-state index contributed by atoms with van der Waals surface area (Å²) in [5, 5.41) is 0. The number of fused-ring (bicyclic) bond motifs is 2. The second-order valence-electron chi connectivity index (χ2n) is 10.6. The van der Waals surface area contributed by atoms with Gasteiger partial charge >= 0.3 is 0 Å². The fraction of sp³-hybridized carbons (Fsp3) is 0.636. The zero-order valence-corrected chi connectivity index (χ0v) is 24.9. The van der Waals surface area contributed by atoms with Crippen molar-refractivity contribution in [3.8, 4) is 11.5 Å². The van der Waals surface area contributed by atoms with Gasteiger partial charge in [0.15, 0.2) is 0 Å². The summed E-state index contributed by atoms with van der Waals surface area (Å²) in [7, 11) is 0. The normalized spacial score (nSPS) is 16.5. The molecular weight excluding hydrogens is 428 g/mol. The highest BCUT2D eigenvalue weighted by Crippen LogP contribution is 2.49. The third-order valence-electron chi connectivity index (χ3n) is 8.14. The Morgan fingerprint density at radius 1 is 0.543 bits per heavy atom. The molecule has 2 heterocycles. The van der Waals surface area contributed by atoms with Crippen LogP contribution in [0.5, 0.6) is 11.5 Å². The first kappa shape index (κ1) is 31.1. The zero-order chi connectivity index (χ0) is 26.8. The highest BCUT2D eigenvalue weighted by atomic mass is 16.5. The van der Waals surface area contributed by atoms with Crippen LogP contribution in [0.4, 0.5) is 0 Å². The summed E-state index contributed by atoms with van der Waals surface area (Å²) in [4.78, 5) is 0. The Morgan fingerprint density at radius 2 is 0.914 bits per heavy atom. The van der Waals surface area contributed by atoms with Gasteiger partial charge in [-0.15, -0.1) is 0 Å². The predicted octanol–water partition coefficient (Wildman–Crippen LogP) is 9.70. The van der Waals surface area contributed by atoms with Crippen molar-refractivity contribution < 1.29 is 9.47 Å². The molecule has 0 atom stereocenters. The third kappa shape index (κ3) is 6.07. The summed E-state index contributed by atoms with van der Waals surface area (Å²) in [6.45, 7) is 28.2. The fourth-order valence-electron chi connectivity index (χ4n) is 6.18. The van der Waals surface area contributed by atoms with Gasteiger partial charge in [0, 0.05) is 22.0 Å². The van der Waals surface area contributed by atoms with Gasteiger partial charge in [-0.05, 0) is 42.2 Å². The van der Waals surface area contributed by atoms with E-state index in [1.54, 1.807) is 0 Å². The van der Waals surface area contributed by atoms with Crippen LogP contribution in [0.3, 0.4) is 0 Å². The minimum absolute atomic E-state index is 0.205. The molecule has 0 saturated carbocycles. The van der Waals surface area contributed by atoms with E-state index >= 15 is 0 Å². The molecule has 4 rings (SSSR count). The molecule has 2 aromatic carbocycles. The maximum Gasteiger partial charge on any atom is 0.123 e. The van der Waals surface area contributed by atoms with Gasteiger partial charge in [0.1, 0.15) is 11.5 Å². The van der Waals surface area contributed by atoms with Crippen LogP contribution in [0.15, 0.2) is 48.5 Å². The second-order valence-corrected chi connectivity index (χ2v) is 10.6. The van der Waals surface area contributed by atoms with Gasteiger partial charge in [0.05, 0.1) is 13.2 Å². The Balaban J connectivity index is 0.000000307. The molecule has 2 aliphatic heterocycles. The van der Waals surface area contributed by atoms with E-state index in [1.807, 2.05) is 27.7 Å². The lowest BCUT2D eigenvalue weighted by atomic mass is 9.62. The quantitative estimate of drug-likeness (QED) is 0.432. The van der Waals surface area contributed by atoms with E-state index in [0.29, 0.717) is 23.7 Å². The van der Waals surface area contributed by atoms with Crippen molar-refractivity contribution in [2.75, 3.05) is 13.2 Å². The maximum absolute atomic E-state index is 5.84. The molecule has 35 heavy (non-hydrogen) atoms. The average Bonchev–Trinajstić information content (AvgIpc) is 3.27. The van der Waals surface area contributed by atoms with E-state index in [4.69, 9.17) is 9.47 Å². The van der Waals surface area contributed by atoms with E-state index < -0.39 is 0 Å². The summed E-state index contributed by atoms with van der Waals surface area (Å²) >= 11 is 0. The first-order valence-corrected chi connectivity index (χ1v) is 14.1. The van der Waals surface area contributed by atoms with Crippen molar-refractivity contribution in [3.05, 3.63) is 59.7 Å². The van der Waals surface area contributed by atoms with Crippen LogP contribution in [0.1, 0.15) is 101 Å². The van der Waals surface area contributed by atoms with Gasteiger partial charge in [-0.1, -0.05) is 119 Å². The van der Waals surface area contributed by atoms with Crippen molar-refractivity contribution in [2.45, 2.75) is 100 Å². The first-order valence-electron chi connectivity index (χ1n) is 14.1. The standard InChI is InChI=1S/C15H22O.C14H20O.2C2H6/c1-11(2)15(12(3)4)9-10-16-14-8-6-5-7-13(14)15;1-10(2)14(11(3)4)9-15-13-8-6-5-7-12(13)14;2*1-2/h5-8,11-12H,9-10H2,1-4H3;5-8,10-11H,9H2,1-4H3;2*1-2H3. The largest absolute Gasteiger partial charge is 0.493 e. The third-order valence-corrected chi connectivity index (χ3v) is 8.14. The van der Waals surface area contributed by atoms with Crippen molar-refractivity contribution in [2.24, 2.45) is 23.7 Å². The molecule has 0 aliphatic carbocycles. The van der Waals surface area contributed by atoms with Crippen LogP contribution in [-0.4, -0.2) is 13.2 Å². The van der Waals surface area contributed by atoms with Crippen molar-refractivity contribution >= 4 is 0 Å². The highest BCUT2D eigenvalue weighted by molar-refractivity contribution is 5.44. The Labute approximate surface area is 217 Å². The summed E-state index contributed by atoms with van der Waals surface area (Å²) in [5.41, 5.74) is 3.30. The SMILES string of the molecule is CC.CC.CC(C)C1(C(C)C)CCOc2ccccc21.CC(C)C1(C(C)C)COc2ccccc21. The van der Waals surface area contributed by atoms with Gasteiger partial charge in [-0.2, -0.15) is 0 Å². The molecule has 0 unspecified atom stereocenters. The van der Waals surface area contributed by atoms with Gasteiger partial charge in [-0.25, -0.2) is 0 Å². The van der Waals surface area contributed by atoms with E-state index in [2.05, 4.69) is 104 Å². The lowest BCUT2D eigenvalue weighted by Gasteiger charge is -2.45. The molecule has 2 nitrogen and oxygen atoms in total. The minimum Gasteiger partial charge on any atom is -0.493 e. The number of hydrogen-bond acceptors (Lipinski definition) is 2. The molecule has 0 amide bonds.